The number of hydrogen-bond donors (Lipinski definition) is 0. The zero-order valence-electron chi connectivity index (χ0n) is 10.1. The van der Waals surface area contributed by atoms with E-state index in [0.717, 1.165) is 17.6 Å². The van der Waals surface area contributed by atoms with Crippen molar-refractivity contribution in [3.8, 4) is 6.07 Å². The van der Waals surface area contributed by atoms with Crippen LogP contribution in [0.1, 0.15) is 24.5 Å². The highest BCUT2D eigenvalue weighted by molar-refractivity contribution is 6.30. The number of hydrogen-bond acceptors (Lipinski definition) is 2. The van der Waals surface area contributed by atoms with Crippen LogP contribution in [-0.4, -0.2) is 23.9 Å². The first-order chi connectivity index (χ1) is 8.65. The number of amides is 1. The van der Waals surface area contributed by atoms with Gasteiger partial charge in [0.25, 0.3) is 0 Å². The molecule has 0 aromatic heterocycles. The highest BCUT2D eigenvalue weighted by Gasteiger charge is 2.19. The van der Waals surface area contributed by atoms with Crippen LogP contribution >= 0.6 is 11.6 Å². The molecule has 1 heterocycles. The van der Waals surface area contributed by atoms with Gasteiger partial charge in [0.15, 0.2) is 0 Å². The Bertz CT molecular complexity index is 557. The average Bonchev–Trinajstić information content (AvgIpc) is 2.38. The van der Waals surface area contributed by atoms with Crippen molar-refractivity contribution in [1.29, 1.82) is 5.26 Å². The topological polar surface area (TPSA) is 44.1 Å². The molecule has 0 saturated heterocycles. The SMILES string of the molecule is CCN1CCC(c2cc(Cl)ccc2C#N)=CC1=O. The van der Waals surface area contributed by atoms with E-state index >= 15 is 0 Å². The summed E-state index contributed by atoms with van der Waals surface area (Å²) >= 11 is 5.95. The molecule has 1 aliphatic heterocycles. The van der Waals surface area contributed by atoms with E-state index in [1.165, 1.54) is 0 Å². The molecular formula is C14H13ClN2O. The van der Waals surface area contributed by atoms with Crippen LogP contribution in [-0.2, 0) is 4.79 Å². The van der Waals surface area contributed by atoms with E-state index in [0.29, 0.717) is 23.7 Å². The Morgan fingerprint density at radius 1 is 1.50 bits per heavy atom. The van der Waals surface area contributed by atoms with Crippen molar-refractivity contribution >= 4 is 23.1 Å². The maximum Gasteiger partial charge on any atom is 0.246 e. The van der Waals surface area contributed by atoms with Crippen molar-refractivity contribution in [2.24, 2.45) is 0 Å². The van der Waals surface area contributed by atoms with Crippen LogP contribution in [0.15, 0.2) is 24.3 Å². The number of likely N-dealkylation sites (N-methyl/N-ethyl adjacent to an activating group) is 1. The fourth-order valence-corrected chi connectivity index (χ4v) is 2.26. The maximum absolute atomic E-state index is 11.8. The highest BCUT2D eigenvalue weighted by atomic mass is 35.5. The van der Waals surface area contributed by atoms with Crippen molar-refractivity contribution in [2.75, 3.05) is 13.1 Å². The smallest absolute Gasteiger partial charge is 0.246 e. The van der Waals surface area contributed by atoms with Gasteiger partial charge < -0.3 is 4.90 Å². The minimum Gasteiger partial charge on any atom is -0.339 e. The predicted molar refractivity (Wildman–Crippen MR) is 71.0 cm³/mol. The lowest BCUT2D eigenvalue weighted by atomic mass is 9.95. The minimum absolute atomic E-state index is 0.00242. The number of carbonyl (C=O) groups is 1. The molecule has 0 unspecified atom stereocenters. The summed E-state index contributed by atoms with van der Waals surface area (Å²) in [5, 5.41) is 9.67. The molecule has 0 radical (unpaired) electrons. The number of carbonyl (C=O) groups excluding carboxylic acids is 1. The van der Waals surface area contributed by atoms with Crippen molar-refractivity contribution in [3.63, 3.8) is 0 Å². The Balaban J connectivity index is 2.42. The van der Waals surface area contributed by atoms with E-state index in [1.54, 1.807) is 29.2 Å². The molecule has 18 heavy (non-hydrogen) atoms. The van der Waals surface area contributed by atoms with Crippen LogP contribution in [0.2, 0.25) is 5.02 Å². The van der Waals surface area contributed by atoms with Gasteiger partial charge >= 0.3 is 0 Å². The van der Waals surface area contributed by atoms with Crippen molar-refractivity contribution in [2.45, 2.75) is 13.3 Å². The predicted octanol–water partition coefficient (Wildman–Crippen LogP) is 2.85. The maximum atomic E-state index is 11.8. The van der Waals surface area contributed by atoms with Crippen LogP contribution in [0.3, 0.4) is 0 Å². The Labute approximate surface area is 111 Å². The van der Waals surface area contributed by atoms with Crippen LogP contribution < -0.4 is 0 Å². The molecule has 0 spiro atoms. The summed E-state index contributed by atoms with van der Waals surface area (Å²) in [5.41, 5.74) is 2.22. The van der Waals surface area contributed by atoms with Gasteiger partial charge in [-0.1, -0.05) is 11.6 Å². The molecular weight excluding hydrogens is 248 g/mol. The molecule has 2 rings (SSSR count). The molecule has 1 aliphatic rings. The van der Waals surface area contributed by atoms with Gasteiger partial charge in [0.1, 0.15) is 0 Å². The van der Waals surface area contributed by atoms with Gasteiger partial charge in [0.05, 0.1) is 11.6 Å². The Morgan fingerprint density at radius 3 is 2.89 bits per heavy atom. The van der Waals surface area contributed by atoms with Crippen LogP contribution in [0, 0.1) is 11.3 Å². The van der Waals surface area contributed by atoms with Crippen LogP contribution in [0.25, 0.3) is 5.57 Å². The van der Waals surface area contributed by atoms with Crippen molar-refractivity contribution in [3.05, 3.63) is 40.4 Å². The van der Waals surface area contributed by atoms with Crippen molar-refractivity contribution < 1.29 is 4.79 Å². The van der Waals surface area contributed by atoms with Gasteiger partial charge in [-0.15, -0.1) is 0 Å². The van der Waals surface area contributed by atoms with Crippen LogP contribution in [0.5, 0.6) is 0 Å². The first-order valence-corrected chi connectivity index (χ1v) is 6.23. The third-order valence-electron chi connectivity index (χ3n) is 3.09. The van der Waals surface area contributed by atoms with Gasteiger partial charge in [0.2, 0.25) is 5.91 Å². The van der Waals surface area contributed by atoms with E-state index < -0.39 is 0 Å². The number of nitrogens with zero attached hydrogens (tertiary/aromatic N) is 2. The molecule has 4 heteroatoms. The molecule has 0 fully saturated rings. The quantitative estimate of drug-likeness (QED) is 0.821. The molecule has 0 atom stereocenters. The second-order valence-electron chi connectivity index (χ2n) is 4.14. The lowest BCUT2D eigenvalue weighted by Gasteiger charge is -2.25. The fourth-order valence-electron chi connectivity index (χ4n) is 2.08. The number of nitriles is 1. The highest BCUT2D eigenvalue weighted by Crippen LogP contribution is 2.28. The van der Waals surface area contributed by atoms with Gasteiger partial charge in [0, 0.05) is 24.2 Å². The molecule has 0 bridgehead atoms. The minimum atomic E-state index is 0.00242. The summed E-state index contributed by atoms with van der Waals surface area (Å²) in [6.07, 6.45) is 2.37. The summed E-state index contributed by atoms with van der Waals surface area (Å²) in [6.45, 7) is 3.36. The summed E-state index contributed by atoms with van der Waals surface area (Å²) in [5.74, 6) is 0.00242. The van der Waals surface area contributed by atoms with E-state index in [-0.39, 0.29) is 5.91 Å². The average molecular weight is 261 g/mol. The molecule has 1 aromatic rings. The van der Waals surface area contributed by atoms with E-state index in [9.17, 15) is 4.79 Å². The first kappa shape index (κ1) is 12.7. The zero-order chi connectivity index (χ0) is 13.1. The standard InChI is InChI=1S/C14H13ClN2O/c1-2-17-6-5-10(7-14(17)18)13-8-12(15)4-3-11(13)9-16/h3-4,7-8H,2,5-6H2,1H3. The largest absolute Gasteiger partial charge is 0.339 e. The Hall–Kier alpha value is -1.79. The third-order valence-corrected chi connectivity index (χ3v) is 3.33. The third kappa shape index (κ3) is 2.39. The summed E-state index contributed by atoms with van der Waals surface area (Å²) in [4.78, 5) is 13.6. The first-order valence-electron chi connectivity index (χ1n) is 5.85. The second-order valence-corrected chi connectivity index (χ2v) is 4.58. The molecule has 0 aliphatic carbocycles. The normalized spacial score (nSPS) is 15.3. The molecule has 1 amide bonds. The Kier molecular flexibility index (Phi) is 3.69. The number of benzene rings is 1. The summed E-state index contributed by atoms with van der Waals surface area (Å²) in [6, 6.07) is 7.26. The van der Waals surface area contributed by atoms with E-state index in [1.807, 2.05) is 6.92 Å². The molecule has 92 valence electrons. The summed E-state index contributed by atoms with van der Waals surface area (Å²) < 4.78 is 0. The fraction of sp³-hybridized carbons (Fsp3) is 0.286. The van der Waals surface area contributed by atoms with Gasteiger partial charge in [-0.3, -0.25) is 4.79 Å². The van der Waals surface area contributed by atoms with Gasteiger partial charge in [-0.25, -0.2) is 0 Å². The summed E-state index contributed by atoms with van der Waals surface area (Å²) in [7, 11) is 0. The zero-order valence-corrected chi connectivity index (χ0v) is 10.9. The van der Waals surface area contributed by atoms with Crippen molar-refractivity contribution in [1.82, 2.24) is 4.90 Å². The number of rotatable bonds is 2. The number of halogens is 1. The lowest BCUT2D eigenvalue weighted by molar-refractivity contribution is -0.126. The van der Waals surface area contributed by atoms with E-state index in [2.05, 4.69) is 6.07 Å². The van der Waals surface area contributed by atoms with E-state index in [4.69, 9.17) is 16.9 Å². The van der Waals surface area contributed by atoms with Gasteiger partial charge in [-0.05, 0) is 42.7 Å². The molecule has 0 saturated carbocycles. The van der Waals surface area contributed by atoms with Crippen LogP contribution in [0.4, 0.5) is 0 Å². The Morgan fingerprint density at radius 2 is 2.28 bits per heavy atom. The second kappa shape index (κ2) is 5.24. The molecule has 1 aromatic carbocycles. The molecule has 0 N–H and O–H groups in total. The monoisotopic (exact) mass is 260 g/mol. The van der Waals surface area contributed by atoms with Gasteiger partial charge in [-0.2, -0.15) is 5.26 Å². The lowest BCUT2D eigenvalue weighted by Crippen LogP contribution is -2.33. The molecule has 3 nitrogen and oxygen atoms in total.